The SMILES string of the molecule is [C-]#[N+]c1c(C#N)c(C)c2nsnc2c1C. The molecule has 2 aromatic rings. The molecule has 0 aliphatic heterocycles. The van der Waals surface area contributed by atoms with Crippen molar-refractivity contribution in [1.29, 1.82) is 5.26 Å². The first-order valence-corrected chi connectivity index (χ1v) is 4.96. The summed E-state index contributed by atoms with van der Waals surface area (Å²) in [5.74, 6) is 0. The summed E-state index contributed by atoms with van der Waals surface area (Å²) in [5.41, 5.74) is 3.79. The van der Waals surface area contributed by atoms with E-state index in [0.717, 1.165) is 33.9 Å². The Balaban J connectivity index is 3.07. The summed E-state index contributed by atoms with van der Waals surface area (Å²) in [6, 6.07) is 2.06. The summed E-state index contributed by atoms with van der Waals surface area (Å²) < 4.78 is 8.28. The molecule has 2 rings (SSSR count). The largest absolute Gasteiger partial charge is 0.236 e. The van der Waals surface area contributed by atoms with Gasteiger partial charge in [-0.05, 0) is 25.0 Å². The lowest BCUT2D eigenvalue weighted by molar-refractivity contribution is 1.38. The van der Waals surface area contributed by atoms with Gasteiger partial charge in [0.25, 0.3) is 0 Å². The van der Waals surface area contributed by atoms with Crippen LogP contribution in [0, 0.1) is 31.8 Å². The van der Waals surface area contributed by atoms with E-state index in [4.69, 9.17) is 11.8 Å². The maximum absolute atomic E-state index is 9.01. The van der Waals surface area contributed by atoms with Crippen molar-refractivity contribution < 1.29 is 0 Å². The van der Waals surface area contributed by atoms with Gasteiger partial charge in [0.15, 0.2) is 0 Å². The van der Waals surface area contributed by atoms with Crippen LogP contribution in [-0.2, 0) is 0 Å². The summed E-state index contributed by atoms with van der Waals surface area (Å²) in [6.07, 6.45) is 0. The number of hydrogen-bond acceptors (Lipinski definition) is 4. The molecule has 72 valence electrons. The topological polar surface area (TPSA) is 53.9 Å². The molecule has 0 unspecified atom stereocenters. The van der Waals surface area contributed by atoms with Crippen molar-refractivity contribution in [2.24, 2.45) is 0 Å². The van der Waals surface area contributed by atoms with Gasteiger partial charge in [-0.3, -0.25) is 0 Å². The Bertz CT molecular complexity index is 573. The zero-order valence-corrected chi connectivity index (χ0v) is 9.01. The van der Waals surface area contributed by atoms with Gasteiger partial charge in [0.05, 0.1) is 35.4 Å². The van der Waals surface area contributed by atoms with Crippen LogP contribution in [0.1, 0.15) is 16.7 Å². The van der Waals surface area contributed by atoms with E-state index in [9.17, 15) is 0 Å². The summed E-state index contributed by atoms with van der Waals surface area (Å²) >= 11 is 1.11. The predicted molar refractivity (Wildman–Crippen MR) is 57.9 cm³/mol. The summed E-state index contributed by atoms with van der Waals surface area (Å²) in [6.45, 7) is 10.7. The normalized spacial score (nSPS) is 9.87. The molecule has 0 atom stereocenters. The highest BCUT2D eigenvalue weighted by atomic mass is 32.1. The van der Waals surface area contributed by atoms with Gasteiger partial charge in [-0.2, -0.15) is 14.0 Å². The molecule has 0 bridgehead atoms. The van der Waals surface area contributed by atoms with Crippen molar-refractivity contribution in [2.75, 3.05) is 0 Å². The van der Waals surface area contributed by atoms with Crippen molar-refractivity contribution in [1.82, 2.24) is 8.75 Å². The van der Waals surface area contributed by atoms with Gasteiger partial charge in [0, 0.05) is 0 Å². The molecule has 0 N–H and O–H groups in total. The zero-order valence-electron chi connectivity index (χ0n) is 8.20. The first-order valence-electron chi connectivity index (χ1n) is 4.23. The van der Waals surface area contributed by atoms with Gasteiger partial charge in [-0.1, -0.05) is 0 Å². The van der Waals surface area contributed by atoms with Gasteiger partial charge in [0.2, 0.25) is 5.69 Å². The molecule has 15 heavy (non-hydrogen) atoms. The molecule has 0 fully saturated rings. The number of aromatic nitrogens is 2. The van der Waals surface area contributed by atoms with E-state index in [1.807, 2.05) is 0 Å². The second-order valence-corrected chi connectivity index (χ2v) is 3.69. The molecular weight excluding hydrogens is 208 g/mol. The van der Waals surface area contributed by atoms with E-state index in [0.29, 0.717) is 11.3 Å². The summed E-state index contributed by atoms with van der Waals surface area (Å²) in [4.78, 5) is 3.40. The molecule has 1 heterocycles. The number of nitrogens with zero attached hydrogens (tertiary/aromatic N) is 4. The molecule has 4 nitrogen and oxygen atoms in total. The first-order chi connectivity index (χ1) is 7.20. The molecule has 1 aromatic heterocycles. The molecule has 0 aliphatic carbocycles. The lowest BCUT2D eigenvalue weighted by Crippen LogP contribution is -1.89. The van der Waals surface area contributed by atoms with Gasteiger partial charge >= 0.3 is 0 Å². The maximum atomic E-state index is 9.01. The van der Waals surface area contributed by atoms with Crippen LogP contribution in [0.2, 0.25) is 0 Å². The van der Waals surface area contributed by atoms with E-state index in [2.05, 4.69) is 19.7 Å². The van der Waals surface area contributed by atoms with Gasteiger partial charge in [0.1, 0.15) is 5.52 Å². The molecule has 0 spiro atoms. The zero-order chi connectivity index (χ0) is 11.0. The number of rotatable bonds is 0. The number of nitriles is 1. The third kappa shape index (κ3) is 1.18. The minimum absolute atomic E-state index is 0.398. The third-order valence-electron chi connectivity index (χ3n) is 2.39. The monoisotopic (exact) mass is 214 g/mol. The Labute approximate surface area is 90.9 Å². The third-order valence-corrected chi connectivity index (χ3v) is 2.92. The molecule has 0 radical (unpaired) electrons. The minimum atomic E-state index is 0.398. The van der Waals surface area contributed by atoms with Crippen LogP contribution in [0.5, 0.6) is 0 Å². The quantitative estimate of drug-likeness (QED) is 0.633. The highest BCUT2D eigenvalue weighted by Crippen LogP contribution is 2.33. The standard InChI is InChI=1S/C10H6N4S/c1-5-7(4-11)8(12-3)6(2)10-9(5)13-15-14-10/h1-2H3. The predicted octanol–water partition coefficient (Wildman–Crippen LogP) is 2.73. The van der Waals surface area contributed by atoms with Crippen molar-refractivity contribution in [2.45, 2.75) is 13.8 Å². The van der Waals surface area contributed by atoms with Crippen LogP contribution in [0.15, 0.2) is 0 Å². The van der Waals surface area contributed by atoms with Crippen molar-refractivity contribution in [3.63, 3.8) is 0 Å². The van der Waals surface area contributed by atoms with Crippen LogP contribution in [-0.4, -0.2) is 8.75 Å². The van der Waals surface area contributed by atoms with Crippen LogP contribution in [0.3, 0.4) is 0 Å². The Morgan fingerprint density at radius 1 is 1.27 bits per heavy atom. The van der Waals surface area contributed by atoms with Crippen LogP contribution in [0.25, 0.3) is 15.9 Å². The Hall–Kier alpha value is -1.98. The van der Waals surface area contributed by atoms with E-state index in [1.165, 1.54) is 0 Å². The van der Waals surface area contributed by atoms with Crippen LogP contribution in [0.4, 0.5) is 5.69 Å². The second kappa shape index (κ2) is 3.30. The van der Waals surface area contributed by atoms with Crippen LogP contribution < -0.4 is 0 Å². The van der Waals surface area contributed by atoms with Gasteiger partial charge < -0.3 is 0 Å². The lowest BCUT2D eigenvalue weighted by atomic mass is 10.0. The fraction of sp³-hybridized carbons (Fsp3) is 0.200. The van der Waals surface area contributed by atoms with Gasteiger partial charge in [-0.25, -0.2) is 4.85 Å². The average Bonchev–Trinajstić information content (AvgIpc) is 2.72. The Morgan fingerprint density at radius 2 is 1.87 bits per heavy atom. The van der Waals surface area contributed by atoms with E-state index in [1.54, 1.807) is 13.8 Å². The lowest BCUT2D eigenvalue weighted by Gasteiger charge is -2.04. The maximum Gasteiger partial charge on any atom is 0.210 e. The number of hydrogen-bond donors (Lipinski definition) is 0. The molecule has 0 amide bonds. The number of benzene rings is 1. The molecule has 0 saturated heterocycles. The molecule has 1 aromatic carbocycles. The Kier molecular flexibility index (Phi) is 2.11. The molecule has 5 heteroatoms. The average molecular weight is 214 g/mol. The van der Waals surface area contributed by atoms with E-state index < -0.39 is 0 Å². The molecule has 0 saturated carbocycles. The number of aryl methyl sites for hydroxylation is 2. The fourth-order valence-electron chi connectivity index (χ4n) is 1.55. The highest BCUT2D eigenvalue weighted by Gasteiger charge is 2.17. The van der Waals surface area contributed by atoms with Crippen LogP contribution >= 0.6 is 11.7 Å². The Morgan fingerprint density at radius 3 is 2.40 bits per heavy atom. The highest BCUT2D eigenvalue weighted by molar-refractivity contribution is 7.00. The summed E-state index contributed by atoms with van der Waals surface area (Å²) in [7, 11) is 0. The van der Waals surface area contributed by atoms with Crippen molar-refractivity contribution in [3.05, 3.63) is 28.1 Å². The van der Waals surface area contributed by atoms with Crippen molar-refractivity contribution in [3.8, 4) is 6.07 Å². The number of fused-ring (bicyclic) bond motifs is 1. The minimum Gasteiger partial charge on any atom is -0.236 e. The smallest absolute Gasteiger partial charge is 0.210 e. The molecular formula is C10H6N4S. The van der Waals surface area contributed by atoms with E-state index in [-0.39, 0.29) is 0 Å². The second-order valence-electron chi connectivity index (χ2n) is 3.16. The van der Waals surface area contributed by atoms with Crippen molar-refractivity contribution >= 4 is 28.4 Å². The fourth-order valence-corrected chi connectivity index (χ4v) is 2.20. The first kappa shape index (κ1) is 9.57. The van der Waals surface area contributed by atoms with Gasteiger partial charge in [-0.15, -0.1) is 0 Å². The van der Waals surface area contributed by atoms with E-state index >= 15 is 0 Å². The molecule has 0 aliphatic rings. The summed E-state index contributed by atoms with van der Waals surface area (Å²) in [5, 5.41) is 9.01.